The van der Waals surface area contributed by atoms with Crippen LogP contribution in [0.25, 0.3) is 15.0 Å². The summed E-state index contributed by atoms with van der Waals surface area (Å²) in [4.78, 5) is 26.0. The fourth-order valence-electron chi connectivity index (χ4n) is 2.76. The molecule has 4 aromatic rings. The molecule has 1 amide bonds. The predicted molar refractivity (Wildman–Crippen MR) is 103 cm³/mol. The van der Waals surface area contributed by atoms with Crippen LogP contribution in [-0.2, 0) is 0 Å². The zero-order valence-electron chi connectivity index (χ0n) is 13.2. The van der Waals surface area contributed by atoms with Crippen LogP contribution in [0, 0.1) is 11.3 Å². The highest BCUT2D eigenvalue weighted by Gasteiger charge is 2.17. The molecule has 126 valence electrons. The van der Waals surface area contributed by atoms with Crippen molar-refractivity contribution in [1.29, 1.82) is 5.26 Å². The summed E-state index contributed by atoms with van der Waals surface area (Å²) >= 11 is 7.40. The Hall–Kier alpha value is -3.14. The molecular weight excluding hydrogens is 370 g/mol. The Kier molecular flexibility index (Phi) is 3.96. The number of carbonyl (C=O) groups excluding carboxylic acids is 1. The Morgan fingerprint density at radius 3 is 2.65 bits per heavy atom. The van der Waals surface area contributed by atoms with Gasteiger partial charge in [-0.25, -0.2) is 0 Å². The van der Waals surface area contributed by atoms with Crippen LogP contribution >= 0.6 is 22.9 Å². The van der Waals surface area contributed by atoms with E-state index >= 15 is 0 Å². The number of pyridine rings is 1. The molecule has 0 unspecified atom stereocenters. The number of nitrogens with zero attached hydrogens (tertiary/aromatic N) is 2. The number of fused-ring (bicyclic) bond motifs is 3. The first kappa shape index (κ1) is 16.3. The van der Waals surface area contributed by atoms with Crippen LogP contribution in [0.4, 0.5) is 5.69 Å². The van der Waals surface area contributed by atoms with Gasteiger partial charge in [0, 0.05) is 0 Å². The fraction of sp³-hybridized carbons (Fsp3) is 0. The number of amides is 1. The number of nitriles is 1. The molecular formula is C19H10ClN3O2S. The van der Waals surface area contributed by atoms with E-state index in [-0.39, 0.29) is 16.3 Å². The first-order chi connectivity index (χ1) is 12.6. The van der Waals surface area contributed by atoms with E-state index in [2.05, 4.69) is 11.4 Å². The number of aromatic nitrogens is 1. The highest BCUT2D eigenvalue weighted by molar-refractivity contribution is 7.24. The van der Waals surface area contributed by atoms with Gasteiger partial charge in [0.1, 0.15) is 16.6 Å². The van der Waals surface area contributed by atoms with Gasteiger partial charge in [-0.3, -0.25) is 14.0 Å². The van der Waals surface area contributed by atoms with Gasteiger partial charge in [-0.05, 0) is 30.3 Å². The molecule has 1 N–H and O–H groups in total. The van der Waals surface area contributed by atoms with E-state index in [1.807, 2.05) is 18.2 Å². The topological polar surface area (TPSA) is 74.4 Å². The maximum Gasteiger partial charge on any atom is 0.280 e. The molecule has 0 saturated heterocycles. The SMILES string of the molecule is N#Cc1cc(NC(=O)c2ccccc2Cl)c(=O)n2c1sc1ccccc12. The van der Waals surface area contributed by atoms with Gasteiger partial charge in [0.05, 0.1) is 26.4 Å². The van der Waals surface area contributed by atoms with Gasteiger partial charge in [-0.15, -0.1) is 11.3 Å². The zero-order valence-corrected chi connectivity index (χ0v) is 14.8. The average molecular weight is 380 g/mol. The lowest BCUT2D eigenvalue weighted by molar-refractivity contribution is 0.102. The van der Waals surface area contributed by atoms with E-state index in [4.69, 9.17) is 11.6 Å². The standard InChI is InChI=1S/C19H10ClN3O2S/c20-13-6-2-1-5-12(13)17(24)22-14-9-11(10-21)19-23(18(14)25)15-7-3-4-8-16(15)26-19/h1-9H,(H,22,24). The van der Waals surface area contributed by atoms with Gasteiger partial charge >= 0.3 is 0 Å². The first-order valence-electron chi connectivity index (χ1n) is 7.63. The van der Waals surface area contributed by atoms with E-state index in [1.54, 1.807) is 30.3 Å². The van der Waals surface area contributed by atoms with Crippen molar-refractivity contribution in [2.75, 3.05) is 5.32 Å². The molecule has 0 aliphatic carbocycles. The van der Waals surface area contributed by atoms with Crippen LogP contribution in [0.1, 0.15) is 15.9 Å². The smallest absolute Gasteiger partial charge is 0.280 e. The highest BCUT2D eigenvalue weighted by Crippen LogP contribution is 2.28. The summed E-state index contributed by atoms with van der Waals surface area (Å²) in [5.41, 5.74) is 0.917. The van der Waals surface area contributed by atoms with E-state index in [0.717, 1.165) is 4.70 Å². The summed E-state index contributed by atoms with van der Waals surface area (Å²) < 4.78 is 2.34. The third kappa shape index (κ3) is 2.54. The largest absolute Gasteiger partial charge is 0.317 e. The van der Waals surface area contributed by atoms with Gasteiger partial charge < -0.3 is 5.32 Å². The number of carbonyl (C=O) groups is 1. The van der Waals surface area contributed by atoms with Crippen LogP contribution in [0.5, 0.6) is 0 Å². The lowest BCUT2D eigenvalue weighted by Crippen LogP contribution is -2.22. The number of nitrogens with one attached hydrogen (secondary N) is 1. The molecule has 0 bridgehead atoms. The number of halogens is 1. The molecule has 4 rings (SSSR count). The first-order valence-corrected chi connectivity index (χ1v) is 8.83. The summed E-state index contributed by atoms with van der Waals surface area (Å²) in [7, 11) is 0. The van der Waals surface area contributed by atoms with Crippen molar-refractivity contribution in [3.05, 3.63) is 81.1 Å². The summed E-state index contributed by atoms with van der Waals surface area (Å²) in [6, 6.07) is 17.4. The molecule has 0 fully saturated rings. The van der Waals surface area contributed by atoms with E-state index in [0.29, 0.717) is 15.9 Å². The number of hydrogen-bond acceptors (Lipinski definition) is 4. The third-order valence-electron chi connectivity index (χ3n) is 3.96. The number of anilines is 1. The Morgan fingerprint density at radius 1 is 1.15 bits per heavy atom. The quantitative estimate of drug-likeness (QED) is 0.564. The molecule has 0 aliphatic heterocycles. The molecule has 7 heteroatoms. The van der Waals surface area contributed by atoms with E-state index < -0.39 is 11.5 Å². The van der Waals surface area contributed by atoms with Crippen molar-refractivity contribution >= 4 is 49.6 Å². The summed E-state index contributed by atoms with van der Waals surface area (Å²) in [5.74, 6) is -0.504. The molecule has 2 aromatic carbocycles. The van der Waals surface area contributed by atoms with Crippen LogP contribution in [-0.4, -0.2) is 10.3 Å². The Balaban J connectivity index is 1.91. The fourth-order valence-corrected chi connectivity index (χ4v) is 4.08. The summed E-state index contributed by atoms with van der Waals surface area (Å²) in [6.45, 7) is 0. The van der Waals surface area contributed by atoms with E-state index in [9.17, 15) is 14.9 Å². The maximum absolute atomic E-state index is 12.9. The van der Waals surface area contributed by atoms with Crippen molar-refractivity contribution < 1.29 is 4.79 Å². The van der Waals surface area contributed by atoms with Gasteiger partial charge in [0.25, 0.3) is 11.5 Å². The lowest BCUT2D eigenvalue weighted by Gasteiger charge is -2.07. The third-order valence-corrected chi connectivity index (χ3v) is 5.45. The normalized spacial score (nSPS) is 10.8. The number of thiazole rings is 1. The van der Waals surface area contributed by atoms with Crippen molar-refractivity contribution in [3.63, 3.8) is 0 Å². The number of benzene rings is 2. The van der Waals surface area contributed by atoms with Crippen molar-refractivity contribution in [3.8, 4) is 6.07 Å². The Bertz CT molecular complexity index is 1280. The van der Waals surface area contributed by atoms with Crippen LogP contribution in [0.15, 0.2) is 59.4 Å². The second-order valence-corrected chi connectivity index (χ2v) is 6.97. The molecule has 2 heterocycles. The minimum Gasteiger partial charge on any atom is -0.317 e. The predicted octanol–water partition coefficient (Wildman–Crippen LogP) is 4.29. The monoisotopic (exact) mass is 379 g/mol. The van der Waals surface area contributed by atoms with Crippen LogP contribution < -0.4 is 10.9 Å². The molecule has 26 heavy (non-hydrogen) atoms. The van der Waals surface area contributed by atoms with Crippen LogP contribution in [0.3, 0.4) is 0 Å². The summed E-state index contributed by atoms with van der Waals surface area (Å²) in [5, 5.41) is 12.3. The molecule has 5 nitrogen and oxygen atoms in total. The average Bonchev–Trinajstić information content (AvgIpc) is 3.04. The Labute approximate surface area is 156 Å². The van der Waals surface area contributed by atoms with Crippen molar-refractivity contribution in [2.45, 2.75) is 0 Å². The second-order valence-electron chi connectivity index (χ2n) is 5.53. The van der Waals surface area contributed by atoms with Crippen molar-refractivity contribution in [2.24, 2.45) is 0 Å². The maximum atomic E-state index is 12.9. The lowest BCUT2D eigenvalue weighted by atomic mass is 10.2. The minimum atomic E-state index is -0.504. The van der Waals surface area contributed by atoms with Crippen molar-refractivity contribution in [1.82, 2.24) is 4.40 Å². The number of rotatable bonds is 2. The van der Waals surface area contributed by atoms with Crippen LogP contribution in [0.2, 0.25) is 5.02 Å². The zero-order chi connectivity index (χ0) is 18.3. The van der Waals surface area contributed by atoms with E-state index in [1.165, 1.54) is 21.8 Å². The molecule has 0 atom stereocenters. The molecule has 0 radical (unpaired) electrons. The molecule has 0 aliphatic rings. The minimum absolute atomic E-state index is 0.0347. The number of para-hydroxylation sites is 1. The number of hydrogen-bond donors (Lipinski definition) is 1. The highest BCUT2D eigenvalue weighted by atomic mass is 35.5. The van der Waals surface area contributed by atoms with Gasteiger partial charge in [-0.2, -0.15) is 5.26 Å². The second kappa shape index (κ2) is 6.30. The summed E-state index contributed by atoms with van der Waals surface area (Å²) in [6.07, 6.45) is 0. The molecule has 2 aromatic heterocycles. The van der Waals surface area contributed by atoms with Gasteiger partial charge in [-0.1, -0.05) is 35.9 Å². The van der Waals surface area contributed by atoms with Gasteiger partial charge in [0.15, 0.2) is 0 Å². The molecule has 0 spiro atoms. The molecule has 0 saturated carbocycles. The van der Waals surface area contributed by atoms with Gasteiger partial charge in [0.2, 0.25) is 0 Å². The Morgan fingerprint density at radius 2 is 1.88 bits per heavy atom.